The molecular formula is C13H14BrNO4. The van der Waals surface area contributed by atoms with Crippen molar-refractivity contribution in [1.82, 2.24) is 0 Å². The van der Waals surface area contributed by atoms with E-state index in [4.69, 9.17) is 9.47 Å². The minimum absolute atomic E-state index is 0.359. The molecule has 0 spiro atoms. The Balaban J connectivity index is 2.05. The third-order valence-corrected chi connectivity index (χ3v) is 3.50. The number of carbonyl (C=O) groups is 2. The predicted molar refractivity (Wildman–Crippen MR) is 73.5 cm³/mol. The summed E-state index contributed by atoms with van der Waals surface area (Å²) in [5.74, 6) is -0.975. The van der Waals surface area contributed by atoms with Crippen LogP contribution < -0.4 is 4.90 Å². The lowest BCUT2D eigenvalue weighted by atomic mass is 10.1. The molecule has 1 aliphatic rings. The Bertz CT molecular complexity index is 503. The van der Waals surface area contributed by atoms with Crippen LogP contribution in [0.3, 0.4) is 0 Å². The second kappa shape index (κ2) is 6.27. The van der Waals surface area contributed by atoms with Crippen LogP contribution in [0.4, 0.5) is 5.69 Å². The molecule has 0 unspecified atom stereocenters. The second-order valence-electron chi connectivity index (χ2n) is 4.03. The van der Waals surface area contributed by atoms with Crippen LogP contribution >= 0.6 is 15.9 Å². The molecule has 102 valence electrons. The number of halogens is 1. The lowest BCUT2D eigenvalue weighted by Crippen LogP contribution is -2.33. The highest BCUT2D eigenvalue weighted by molar-refractivity contribution is 9.10. The van der Waals surface area contributed by atoms with E-state index in [2.05, 4.69) is 15.9 Å². The fourth-order valence-electron chi connectivity index (χ4n) is 1.92. The first kappa shape index (κ1) is 14.2. The molecule has 0 saturated carbocycles. The number of Topliss-reactive ketones (excluding diaryl/α,β-unsaturated/α-hetero) is 1. The van der Waals surface area contributed by atoms with Crippen molar-refractivity contribution in [3.8, 4) is 0 Å². The van der Waals surface area contributed by atoms with Gasteiger partial charge in [-0.3, -0.25) is 9.59 Å². The topological polar surface area (TPSA) is 55.8 Å². The number of benzene rings is 1. The van der Waals surface area contributed by atoms with Crippen LogP contribution in [0.25, 0.3) is 0 Å². The zero-order chi connectivity index (χ0) is 13.8. The first-order valence-electron chi connectivity index (χ1n) is 5.88. The second-order valence-corrected chi connectivity index (χ2v) is 4.88. The zero-order valence-electron chi connectivity index (χ0n) is 10.5. The summed E-state index contributed by atoms with van der Waals surface area (Å²) in [7, 11) is 1.60. The fourth-order valence-corrected chi connectivity index (χ4v) is 2.46. The fraction of sp³-hybridized carbons (Fsp3) is 0.385. The van der Waals surface area contributed by atoms with Crippen molar-refractivity contribution >= 4 is 33.3 Å². The smallest absolute Gasteiger partial charge is 0.299 e. The SMILES string of the molecule is COCCOCCN1C(=O)C(=O)c2c(Br)cccc21. The summed E-state index contributed by atoms with van der Waals surface area (Å²) < 4.78 is 10.8. The van der Waals surface area contributed by atoms with Crippen LogP contribution in [0.5, 0.6) is 0 Å². The van der Waals surface area contributed by atoms with Crippen LogP contribution in [0.1, 0.15) is 10.4 Å². The molecule has 1 heterocycles. The summed E-state index contributed by atoms with van der Waals surface area (Å²) >= 11 is 3.30. The molecule has 1 aromatic carbocycles. The molecule has 1 aromatic rings. The van der Waals surface area contributed by atoms with E-state index >= 15 is 0 Å². The van der Waals surface area contributed by atoms with Gasteiger partial charge in [-0.25, -0.2) is 0 Å². The van der Waals surface area contributed by atoms with Crippen molar-refractivity contribution in [2.45, 2.75) is 0 Å². The van der Waals surface area contributed by atoms with E-state index in [0.29, 0.717) is 42.1 Å². The summed E-state index contributed by atoms with van der Waals surface area (Å²) in [6.07, 6.45) is 0. The average Bonchev–Trinajstić information content (AvgIpc) is 2.64. The number of hydrogen-bond donors (Lipinski definition) is 0. The molecule has 0 atom stereocenters. The first-order chi connectivity index (χ1) is 9.16. The van der Waals surface area contributed by atoms with Crippen molar-refractivity contribution in [3.05, 3.63) is 28.2 Å². The van der Waals surface area contributed by atoms with Crippen LogP contribution in [-0.2, 0) is 14.3 Å². The zero-order valence-corrected chi connectivity index (χ0v) is 12.1. The molecule has 1 amide bonds. The average molecular weight is 328 g/mol. The molecule has 0 saturated heterocycles. The Morgan fingerprint density at radius 2 is 2.00 bits per heavy atom. The van der Waals surface area contributed by atoms with Crippen LogP contribution in [-0.4, -0.2) is 45.2 Å². The van der Waals surface area contributed by atoms with E-state index in [9.17, 15) is 9.59 Å². The van der Waals surface area contributed by atoms with Gasteiger partial charge in [0.15, 0.2) is 0 Å². The number of ketones is 1. The molecule has 0 fully saturated rings. The number of anilines is 1. The summed E-state index contributed by atoms with van der Waals surface area (Å²) in [4.78, 5) is 25.2. The molecule has 0 aliphatic carbocycles. The Kier molecular flexibility index (Phi) is 4.68. The van der Waals surface area contributed by atoms with Crippen LogP contribution in [0, 0.1) is 0 Å². The number of carbonyl (C=O) groups excluding carboxylic acids is 2. The molecular weight excluding hydrogens is 314 g/mol. The minimum atomic E-state index is -0.503. The van der Waals surface area contributed by atoms with E-state index in [1.54, 1.807) is 25.3 Å². The maximum absolute atomic E-state index is 11.9. The Morgan fingerprint density at radius 1 is 1.21 bits per heavy atom. The summed E-state index contributed by atoms with van der Waals surface area (Å²) in [6.45, 7) is 1.71. The van der Waals surface area contributed by atoms with Crippen LogP contribution in [0.15, 0.2) is 22.7 Å². The van der Waals surface area contributed by atoms with Gasteiger partial charge in [-0.15, -0.1) is 0 Å². The Hall–Kier alpha value is -1.24. The van der Waals surface area contributed by atoms with Crippen molar-refractivity contribution in [2.75, 3.05) is 38.4 Å². The summed E-state index contributed by atoms with van der Waals surface area (Å²) in [6, 6.07) is 5.31. The molecule has 19 heavy (non-hydrogen) atoms. The maximum atomic E-state index is 11.9. The highest BCUT2D eigenvalue weighted by Crippen LogP contribution is 2.33. The summed E-state index contributed by atoms with van der Waals surface area (Å²) in [5.41, 5.74) is 1.07. The van der Waals surface area contributed by atoms with Gasteiger partial charge in [0.1, 0.15) is 0 Å². The predicted octanol–water partition coefficient (Wildman–Crippen LogP) is 1.64. The van der Waals surface area contributed by atoms with Gasteiger partial charge in [-0.05, 0) is 28.1 Å². The molecule has 6 heteroatoms. The van der Waals surface area contributed by atoms with E-state index in [0.717, 1.165) is 0 Å². The van der Waals surface area contributed by atoms with Gasteiger partial charge in [0, 0.05) is 18.1 Å². The standard InChI is InChI=1S/C13H14BrNO4/c1-18-7-8-19-6-5-15-10-4-2-3-9(14)11(10)12(16)13(15)17/h2-4H,5-8H2,1H3. The van der Waals surface area contributed by atoms with E-state index < -0.39 is 11.7 Å². The number of amides is 1. The molecule has 0 radical (unpaired) electrons. The van der Waals surface area contributed by atoms with Crippen LogP contribution in [0.2, 0.25) is 0 Å². The van der Waals surface area contributed by atoms with Gasteiger partial charge in [0.25, 0.3) is 11.7 Å². The quantitative estimate of drug-likeness (QED) is 0.588. The van der Waals surface area contributed by atoms with Crippen molar-refractivity contribution in [1.29, 1.82) is 0 Å². The highest BCUT2D eigenvalue weighted by Gasteiger charge is 2.36. The number of fused-ring (bicyclic) bond motifs is 1. The van der Waals surface area contributed by atoms with Gasteiger partial charge >= 0.3 is 0 Å². The highest BCUT2D eigenvalue weighted by atomic mass is 79.9. The Morgan fingerprint density at radius 3 is 2.74 bits per heavy atom. The lowest BCUT2D eigenvalue weighted by Gasteiger charge is -2.16. The number of ether oxygens (including phenoxy) is 2. The third kappa shape index (κ3) is 2.86. The van der Waals surface area contributed by atoms with Gasteiger partial charge in [-0.1, -0.05) is 6.07 Å². The molecule has 0 aromatic heterocycles. The van der Waals surface area contributed by atoms with Gasteiger partial charge < -0.3 is 14.4 Å². The van der Waals surface area contributed by atoms with Gasteiger partial charge in [-0.2, -0.15) is 0 Å². The normalized spacial score (nSPS) is 14.1. The van der Waals surface area contributed by atoms with E-state index in [1.165, 1.54) is 4.90 Å². The molecule has 2 rings (SSSR count). The molecule has 1 aliphatic heterocycles. The first-order valence-corrected chi connectivity index (χ1v) is 6.67. The van der Waals surface area contributed by atoms with Gasteiger partial charge in [0.05, 0.1) is 31.1 Å². The number of hydrogen-bond acceptors (Lipinski definition) is 4. The van der Waals surface area contributed by atoms with Crippen molar-refractivity contribution in [2.24, 2.45) is 0 Å². The minimum Gasteiger partial charge on any atom is -0.382 e. The summed E-state index contributed by atoms with van der Waals surface area (Å²) in [5, 5.41) is 0. The number of methoxy groups -OCH3 is 1. The van der Waals surface area contributed by atoms with Crippen molar-refractivity contribution in [3.63, 3.8) is 0 Å². The maximum Gasteiger partial charge on any atom is 0.299 e. The Labute approximate surface area is 119 Å². The molecule has 0 N–H and O–H groups in total. The third-order valence-electron chi connectivity index (χ3n) is 2.84. The van der Waals surface area contributed by atoms with Gasteiger partial charge in [0.2, 0.25) is 0 Å². The lowest BCUT2D eigenvalue weighted by molar-refractivity contribution is -0.114. The molecule has 5 nitrogen and oxygen atoms in total. The largest absolute Gasteiger partial charge is 0.382 e. The van der Waals surface area contributed by atoms with Crippen molar-refractivity contribution < 1.29 is 19.1 Å². The number of rotatable bonds is 6. The monoisotopic (exact) mass is 327 g/mol. The van der Waals surface area contributed by atoms with E-state index in [1.807, 2.05) is 0 Å². The van der Waals surface area contributed by atoms with E-state index in [-0.39, 0.29) is 0 Å². The number of nitrogens with zero attached hydrogens (tertiary/aromatic N) is 1. The molecule has 0 bridgehead atoms.